The third-order valence-corrected chi connectivity index (χ3v) is 5.31. The van der Waals surface area contributed by atoms with Crippen LogP contribution in [0.5, 0.6) is 0 Å². The van der Waals surface area contributed by atoms with E-state index < -0.39 is 0 Å². The number of carbonyl (C=O) groups excluding carboxylic acids is 2. The van der Waals surface area contributed by atoms with Gasteiger partial charge in [0.2, 0.25) is 0 Å². The van der Waals surface area contributed by atoms with Crippen molar-refractivity contribution in [3.05, 3.63) is 50.8 Å². The molecule has 0 unspecified atom stereocenters. The van der Waals surface area contributed by atoms with Gasteiger partial charge in [-0.1, -0.05) is 23.2 Å². The minimum Gasteiger partial charge on any atom is -0.349 e. The molecule has 25 heavy (non-hydrogen) atoms. The molecule has 128 valence electrons. The number of nitrogens with zero attached hydrogens (tertiary/aromatic N) is 3. The molecule has 0 spiro atoms. The van der Waals surface area contributed by atoms with Gasteiger partial charge in [0.1, 0.15) is 5.69 Å². The zero-order chi connectivity index (χ0) is 17.7. The maximum atomic E-state index is 12.9. The number of fused-ring (bicyclic) bond motifs is 3. The van der Waals surface area contributed by atoms with Crippen molar-refractivity contribution in [3.63, 3.8) is 0 Å². The van der Waals surface area contributed by atoms with Gasteiger partial charge in [-0.25, -0.2) is 4.79 Å². The van der Waals surface area contributed by atoms with Crippen LogP contribution in [-0.4, -0.2) is 38.4 Å². The standard InChI is InChI=1S/C17H14Cl2N4O2/c1-9-6-14-11(15-16(24)20-4-5-23(15)21-14)8-22(9)17(25)10-2-3-12(18)13(19)7-10/h2-3,7H,4-6,8H2,1H3/p+1. The molecule has 1 aromatic heterocycles. The van der Waals surface area contributed by atoms with Crippen LogP contribution < -0.4 is 5.32 Å². The van der Waals surface area contributed by atoms with Gasteiger partial charge in [0.25, 0.3) is 5.91 Å². The first-order valence-corrected chi connectivity index (χ1v) is 8.67. The molecule has 2 amide bonds. The summed E-state index contributed by atoms with van der Waals surface area (Å²) < 4.78 is 3.41. The molecule has 1 N–H and O–H groups in total. The minimum absolute atomic E-state index is 0.138. The van der Waals surface area contributed by atoms with Gasteiger partial charge in [-0.15, -0.1) is 0 Å². The lowest BCUT2D eigenvalue weighted by atomic mass is 10.0. The number of hydrogen-bond acceptors (Lipinski definition) is 3. The quantitative estimate of drug-likeness (QED) is 0.775. The second kappa shape index (κ2) is 5.97. The van der Waals surface area contributed by atoms with Crippen molar-refractivity contribution < 1.29 is 14.2 Å². The van der Waals surface area contributed by atoms with Crippen LogP contribution in [0.1, 0.15) is 39.0 Å². The van der Waals surface area contributed by atoms with E-state index in [2.05, 4.69) is 10.4 Å². The molecule has 0 atom stereocenters. The van der Waals surface area contributed by atoms with Crippen LogP contribution in [0.25, 0.3) is 0 Å². The van der Waals surface area contributed by atoms with Crippen molar-refractivity contribution in [1.29, 1.82) is 0 Å². The molecule has 2 aliphatic rings. The van der Waals surface area contributed by atoms with Gasteiger partial charge < -0.3 is 5.32 Å². The summed E-state index contributed by atoms with van der Waals surface area (Å²) in [5.41, 5.74) is 3.58. The molecule has 0 saturated heterocycles. The van der Waals surface area contributed by atoms with Crippen LogP contribution >= 0.6 is 23.2 Å². The molecular weight excluding hydrogens is 363 g/mol. The normalized spacial score (nSPS) is 16.4. The summed E-state index contributed by atoms with van der Waals surface area (Å²) in [5.74, 6) is -0.306. The first-order valence-electron chi connectivity index (χ1n) is 7.92. The van der Waals surface area contributed by atoms with E-state index in [4.69, 9.17) is 23.2 Å². The molecule has 8 heteroatoms. The SMILES string of the molecule is CC1=[N+](C(=O)c2ccc(Cl)c(Cl)c2)Cc2c(nn3c2C(=O)NCC3)C1. The van der Waals surface area contributed by atoms with E-state index in [0.717, 1.165) is 17.0 Å². The van der Waals surface area contributed by atoms with E-state index in [0.29, 0.717) is 47.4 Å². The first kappa shape index (κ1) is 16.3. The molecule has 0 aliphatic carbocycles. The molecule has 4 rings (SSSR count). The summed E-state index contributed by atoms with van der Waals surface area (Å²) in [7, 11) is 0. The Balaban J connectivity index is 1.72. The molecular formula is C17H15Cl2N4O2+. The zero-order valence-corrected chi connectivity index (χ0v) is 15.0. The first-order chi connectivity index (χ1) is 12.0. The number of nitrogens with one attached hydrogen (secondary N) is 1. The number of aromatic nitrogens is 2. The van der Waals surface area contributed by atoms with Crippen molar-refractivity contribution in [2.24, 2.45) is 0 Å². The highest BCUT2D eigenvalue weighted by Gasteiger charge is 2.36. The van der Waals surface area contributed by atoms with Gasteiger partial charge in [-0.05, 0) is 18.2 Å². The maximum Gasteiger partial charge on any atom is 0.419 e. The second-order valence-electron chi connectivity index (χ2n) is 6.19. The van der Waals surface area contributed by atoms with Gasteiger partial charge in [-0.3, -0.25) is 9.48 Å². The van der Waals surface area contributed by atoms with Crippen LogP contribution in [0, 0.1) is 0 Å². The summed E-state index contributed by atoms with van der Waals surface area (Å²) in [6, 6.07) is 4.83. The van der Waals surface area contributed by atoms with Gasteiger partial charge >= 0.3 is 5.91 Å². The smallest absolute Gasteiger partial charge is 0.349 e. The van der Waals surface area contributed by atoms with Gasteiger partial charge in [0, 0.05) is 13.5 Å². The van der Waals surface area contributed by atoms with Crippen molar-refractivity contribution in [1.82, 2.24) is 15.1 Å². The average Bonchev–Trinajstić information content (AvgIpc) is 2.94. The number of halogens is 2. The van der Waals surface area contributed by atoms with E-state index >= 15 is 0 Å². The summed E-state index contributed by atoms with van der Waals surface area (Å²) in [4.78, 5) is 25.1. The summed E-state index contributed by atoms with van der Waals surface area (Å²) >= 11 is 12.0. The lowest BCUT2D eigenvalue weighted by Crippen LogP contribution is -2.37. The zero-order valence-electron chi connectivity index (χ0n) is 13.5. The molecule has 6 nitrogen and oxygen atoms in total. The third kappa shape index (κ3) is 2.65. The van der Waals surface area contributed by atoms with Crippen LogP contribution in [0.3, 0.4) is 0 Å². The van der Waals surface area contributed by atoms with E-state index in [-0.39, 0.29) is 11.8 Å². The number of carbonyl (C=O) groups is 2. The number of rotatable bonds is 1. The molecule has 0 bridgehead atoms. The highest BCUT2D eigenvalue weighted by molar-refractivity contribution is 6.42. The molecule has 1 aromatic carbocycles. The Bertz CT molecular complexity index is 962. The maximum absolute atomic E-state index is 12.9. The van der Waals surface area contributed by atoms with E-state index in [1.807, 2.05) is 6.92 Å². The Kier molecular flexibility index (Phi) is 3.89. The van der Waals surface area contributed by atoms with Gasteiger partial charge in [0.15, 0.2) is 12.3 Å². The van der Waals surface area contributed by atoms with Crippen LogP contribution in [0.4, 0.5) is 0 Å². The minimum atomic E-state index is -0.169. The van der Waals surface area contributed by atoms with Gasteiger partial charge in [-0.2, -0.15) is 9.67 Å². The molecule has 2 aromatic rings. The highest BCUT2D eigenvalue weighted by atomic mass is 35.5. The van der Waals surface area contributed by atoms with E-state index in [1.165, 1.54) is 0 Å². The lowest BCUT2D eigenvalue weighted by molar-refractivity contribution is -0.449. The summed E-state index contributed by atoms with van der Waals surface area (Å²) in [6.45, 7) is 3.44. The third-order valence-electron chi connectivity index (χ3n) is 4.57. The van der Waals surface area contributed by atoms with Crippen molar-refractivity contribution in [2.75, 3.05) is 6.54 Å². The molecule has 2 aliphatic heterocycles. The largest absolute Gasteiger partial charge is 0.419 e. The molecule has 0 saturated carbocycles. The topological polar surface area (TPSA) is 67.0 Å². The van der Waals surface area contributed by atoms with Gasteiger partial charge in [0.05, 0.1) is 39.8 Å². The Labute approximate surface area is 154 Å². The molecule has 3 heterocycles. The van der Waals surface area contributed by atoms with Crippen LogP contribution in [0.2, 0.25) is 10.0 Å². The Morgan fingerprint density at radius 3 is 2.88 bits per heavy atom. The Morgan fingerprint density at radius 1 is 1.32 bits per heavy atom. The summed E-state index contributed by atoms with van der Waals surface area (Å²) in [5, 5.41) is 8.12. The number of benzene rings is 1. The van der Waals surface area contributed by atoms with E-state index in [9.17, 15) is 9.59 Å². The predicted octanol–water partition coefficient (Wildman–Crippen LogP) is 2.30. The van der Waals surface area contributed by atoms with Crippen molar-refractivity contribution in [3.8, 4) is 0 Å². The summed E-state index contributed by atoms with van der Waals surface area (Å²) in [6.07, 6.45) is 0.537. The fourth-order valence-electron chi connectivity index (χ4n) is 3.29. The fraction of sp³-hybridized carbons (Fsp3) is 0.294. The number of hydrogen-bond donors (Lipinski definition) is 1. The average molecular weight is 378 g/mol. The van der Waals surface area contributed by atoms with Crippen molar-refractivity contribution in [2.45, 2.75) is 26.4 Å². The fourth-order valence-corrected chi connectivity index (χ4v) is 3.59. The van der Waals surface area contributed by atoms with Crippen LogP contribution in [-0.2, 0) is 19.5 Å². The van der Waals surface area contributed by atoms with Crippen molar-refractivity contribution >= 4 is 40.7 Å². The second-order valence-corrected chi connectivity index (χ2v) is 7.00. The monoisotopic (exact) mass is 377 g/mol. The Hall–Kier alpha value is -2.18. The van der Waals surface area contributed by atoms with E-state index in [1.54, 1.807) is 27.5 Å². The van der Waals surface area contributed by atoms with Crippen LogP contribution in [0.15, 0.2) is 18.2 Å². The number of amides is 2. The Morgan fingerprint density at radius 2 is 2.12 bits per heavy atom. The predicted molar refractivity (Wildman–Crippen MR) is 93.7 cm³/mol. The molecule has 0 radical (unpaired) electrons. The lowest BCUT2D eigenvalue weighted by Gasteiger charge is -2.16. The highest BCUT2D eigenvalue weighted by Crippen LogP contribution is 2.26. The molecule has 0 fully saturated rings.